The van der Waals surface area contributed by atoms with Crippen molar-refractivity contribution in [2.45, 2.75) is 32.7 Å². The lowest BCUT2D eigenvalue weighted by atomic mass is 10.0. The summed E-state index contributed by atoms with van der Waals surface area (Å²) in [4.78, 5) is 56.0. The Morgan fingerprint density at radius 1 is 1.14 bits per heavy atom. The van der Waals surface area contributed by atoms with Gasteiger partial charge < -0.3 is 20.2 Å². The second-order valence-electron chi connectivity index (χ2n) is 10.9. The van der Waals surface area contributed by atoms with Gasteiger partial charge in [-0.3, -0.25) is 14.6 Å². The number of phenols is 1. The number of aromatic hydroxyl groups is 1. The molecular formula is C30H26F3N7O4. The van der Waals surface area contributed by atoms with Crippen molar-refractivity contribution in [2.24, 2.45) is 0 Å². The number of anilines is 2. The number of pyridine rings is 2. The van der Waals surface area contributed by atoms with Crippen LogP contribution < -0.4 is 15.9 Å². The van der Waals surface area contributed by atoms with Crippen molar-refractivity contribution in [1.82, 2.24) is 24.4 Å². The Morgan fingerprint density at radius 2 is 1.89 bits per heavy atom. The third-order valence-electron chi connectivity index (χ3n) is 7.87. The number of nitrogens with zero attached hydrogens (tertiary/aromatic N) is 6. The van der Waals surface area contributed by atoms with Crippen LogP contribution >= 0.6 is 0 Å². The molecule has 2 amide bonds. The van der Waals surface area contributed by atoms with Gasteiger partial charge in [-0.25, -0.2) is 27.5 Å². The van der Waals surface area contributed by atoms with Crippen LogP contribution in [0.5, 0.6) is 5.75 Å². The number of aromatic nitrogens is 4. The number of rotatable bonds is 4. The summed E-state index contributed by atoms with van der Waals surface area (Å²) in [6, 6.07) is 2.07. The highest BCUT2D eigenvalue weighted by Crippen LogP contribution is 2.43. The molecule has 0 saturated carbocycles. The molecule has 1 aromatic carbocycles. The lowest BCUT2D eigenvalue weighted by molar-refractivity contribution is -0.128. The quantitative estimate of drug-likeness (QED) is 0.338. The summed E-state index contributed by atoms with van der Waals surface area (Å²) in [6.45, 7) is 8.99. The van der Waals surface area contributed by atoms with Crippen LogP contribution in [0.4, 0.5) is 24.7 Å². The summed E-state index contributed by atoms with van der Waals surface area (Å²) in [7, 11) is 0. The van der Waals surface area contributed by atoms with Gasteiger partial charge in [0.25, 0.3) is 0 Å². The molecule has 1 saturated heterocycles. The number of aryl methyl sites for hydroxylation is 1. The molecule has 2 aliphatic rings. The molecule has 0 radical (unpaired) electrons. The molecule has 0 spiro atoms. The zero-order valence-corrected chi connectivity index (χ0v) is 23.9. The van der Waals surface area contributed by atoms with Crippen LogP contribution in [-0.4, -0.2) is 67.0 Å². The van der Waals surface area contributed by atoms with Crippen LogP contribution in [0, 0.1) is 24.4 Å². The molecular weight excluding hydrogens is 579 g/mol. The van der Waals surface area contributed by atoms with Crippen LogP contribution in [0.25, 0.3) is 28.0 Å². The van der Waals surface area contributed by atoms with Crippen molar-refractivity contribution < 1.29 is 27.9 Å². The lowest BCUT2D eigenvalue weighted by Crippen LogP contribution is -2.58. The van der Waals surface area contributed by atoms with Gasteiger partial charge in [0.1, 0.15) is 23.3 Å². The third kappa shape index (κ3) is 4.28. The largest absolute Gasteiger partial charge is 0.507 e. The van der Waals surface area contributed by atoms with E-state index in [0.29, 0.717) is 23.0 Å². The molecule has 1 atom stereocenters. The van der Waals surface area contributed by atoms with Crippen LogP contribution in [-0.2, 0) is 9.59 Å². The van der Waals surface area contributed by atoms with Gasteiger partial charge in [-0.1, -0.05) is 20.4 Å². The second-order valence-corrected chi connectivity index (χ2v) is 10.9. The Balaban J connectivity index is 1.75. The van der Waals surface area contributed by atoms with E-state index in [1.165, 1.54) is 9.80 Å². The molecule has 44 heavy (non-hydrogen) atoms. The van der Waals surface area contributed by atoms with Crippen molar-refractivity contribution in [2.75, 3.05) is 29.9 Å². The van der Waals surface area contributed by atoms with Crippen molar-refractivity contribution in [3.8, 4) is 22.7 Å². The van der Waals surface area contributed by atoms with E-state index in [2.05, 4.69) is 26.8 Å². The lowest BCUT2D eigenvalue weighted by Gasteiger charge is -2.39. The van der Waals surface area contributed by atoms with E-state index in [0.717, 1.165) is 16.7 Å². The van der Waals surface area contributed by atoms with Crippen molar-refractivity contribution in [3.05, 3.63) is 76.2 Å². The maximum atomic E-state index is 16.5. The summed E-state index contributed by atoms with van der Waals surface area (Å²) in [5.74, 6) is -6.52. The van der Waals surface area contributed by atoms with Gasteiger partial charge in [0.15, 0.2) is 23.1 Å². The summed E-state index contributed by atoms with van der Waals surface area (Å²) in [6.07, 6.45) is 2.67. The molecule has 2 aliphatic heterocycles. The number of halogens is 3. The van der Waals surface area contributed by atoms with Gasteiger partial charge in [0, 0.05) is 19.3 Å². The highest BCUT2D eigenvalue weighted by atomic mass is 19.2. The highest BCUT2D eigenvalue weighted by molar-refractivity contribution is 6.12. The number of piperazine rings is 1. The van der Waals surface area contributed by atoms with Gasteiger partial charge in [0.05, 0.1) is 34.6 Å². The molecule has 2 N–H and O–H groups in total. The molecule has 14 heteroatoms. The first-order valence-corrected chi connectivity index (χ1v) is 13.7. The highest BCUT2D eigenvalue weighted by Gasteiger charge is 2.41. The number of benzene rings is 1. The first-order valence-electron chi connectivity index (χ1n) is 13.7. The number of hydrogen-bond donors (Lipinski definition) is 2. The van der Waals surface area contributed by atoms with E-state index in [4.69, 9.17) is 0 Å². The fraction of sp³-hybridized carbons (Fsp3) is 0.267. The number of phenolic OH excluding ortho intramolecular Hbond substituents is 1. The molecule has 226 valence electrons. The fourth-order valence-corrected chi connectivity index (χ4v) is 5.75. The maximum Gasteiger partial charge on any atom is 0.355 e. The number of hydrogen-bond acceptors (Lipinski definition) is 8. The summed E-state index contributed by atoms with van der Waals surface area (Å²) in [5, 5.41) is 13.0. The van der Waals surface area contributed by atoms with Crippen LogP contribution in [0.15, 0.2) is 41.8 Å². The van der Waals surface area contributed by atoms with Crippen LogP contribution in [0.3, 0.4) is 0 Å². The molecule has 0 aliphatic carbocycles. The minimum Gasteiger partial charge on any atom is -0.507 e. The van der Waals surface area contributed by atoms with Gasteiger partial charge >= 0.3 is 5.69 Å². The summed E-state index contributed by atoms with van der Waals surface area (Å²) < 4.78 is 47.2. The zero-order chi connectivity index (χ0) is 31.6. The van der Waals surface area contributed by atoms with Gasteiger partial charge in [-0.2, -0.15) is 4.98 Å². The van der Waals surface area contributed by atoms with Crippen LogP contribution in [0.2, 0.25) is 0 Å². The standard InChI is InChI=1S/C30H26F3N7O4/c1-5-18(42)38-10-11-39-16(12-38)29(43)36-25-20-27(39)37-30(44)40(26-14(4)8-9-34-23(26)13(2)3)28(20)35-24(22(25)33)19-17(41)7-6-15(31)21(19)32/h5-9,13,16,41H,1,10-12H2,2-4H3,(H,36,43). The summed E-state index contributed by atoms with van der Waals surface area (Å²) >= 11 is 0. The van der Waals surface area contributed by atoms with Crippen molar-refractivity contribution >= 4 is 34.4 Å². The van der Waals surface area contributed by atoms with Gasteiger partial charge in [-0.05, 0) is 42.7 Å². The SMILES string of the molecule is C=CC(=O)N1CCN2c3nc(=O)n(-c4c(C)ccnc4C(C)C)c4nc(-c5c(O)ccc(F)c5F)c(F)c(c34)NC(=O)C2C1. The first kappa shape index (κ1) is 28.8. The van der Waals surface area contributed by atoms with Crippen molar-refractivity contribution in [3.63, 3.8) is 0 Å². The molecule has 3 aromatic heterocycles. The third-order valence-corrected chi connectivity index (χ3v) is 7.87. The van der Waals surface area contributed by atoms with Gasteiger partial charge in [0.2, 0.25) is 11.8 Å². The number of carbonyl (C=O) groups is 2. The topological polar surface area (TPSA) is 134 Å². The molecule has 1 fully saturated rings. The molecule has 11 nitrogen and oxygen atoms in total. The smallest absolute Gasteiger partial charge is 0.355 e. The van der Waals surface area contributed by atoms with Crippen LogP contribution in [0.1, 0.15) is 31.0 Å². The number of fused-ring (bicyclic) bond motifs is 2. The monoisotopic (exact) mass is 605 g/mol. The Hall–Kier alpha value is -5.27. The molecule has 0 bridgehead atoms. The average Bonchev–Trinajstić information content (AvgIpc) is 3.11. The number of carbonyl (C=O) groups excluding carboxylic acids is 2. The Bertz CT molecular complexity index is 1980. The van der Waals surface area contributed by atoms with E-state index in [9.17, 15) is 23.9 Å². The predicted molar refractivity (Wildman–Crippen MR) is 155 cm³/mol. The Morgan fingerprint density at radius 3 is 2.59 bits per heavy atom. The molecule has 6 rings (SSSR count). The van der Waals surface area contributed by atoms with E-state index in [1.807, 2.05) is 13.8 Å². The summed E-state index contributed by atoms with van der Waals surface area (Å²) in [5.41, 5.74) is -1.99. The molecule has 4 aromatic rings. The molecule has 5 heterocycles. The predicted octanol–water partition coefficient (Wildman–Crippen LogP) is 3.55. The van der Waals surface area contributed by atoms with E-state index >= 15 is 8.78 Å². The minimum absolute atomic E-state index is 0.0501. The van der Waals surface area contributed by atoms with E-state index in [1.54, 1.807) is 19.2 Å². The minimum atomic E-state index is -1.58. The number of nitrogens with one attached hydrogen (secondary N) is 1. The van der Waals surface area contributed by atoms with E-state index < -0.39 is 63.7 Å². The maximum absolute atomic E-state index is 16.5. The first-order chi connectivity index (χ1) is 20.9. The second kappa shape index (κ2) is 10.5. The Labute approximate surface area is 248 Å². The average molecular weight is 606 g/mol. The Kier molecular flexibility index (Phi) is 6.86. The molecule has 1 unspecified atom stereocenters. The van der Waals surface area contributed by atoms with E-state index in [-0.39, 0.29) is 42.4 Å². The van der Waals surface area contributed by atoms with Gasteiger partial charge in [-0.15, -0.1) is 0 Å². The van der Waals surface area contributed by atoms with Crippen molar-refractivity contribution in [1.29, 1.82) is 0 Å². The fourth-order valence-electron chi connectivity index (χ4n) is 5.75. The zero-order valence-electron chi connectivity index (χ0n) is 23.9. The normalized spacial score (nSPS) is 16.2. The number of amides is 2.